The maximum absolute atomic E-state index is 13.5. The molecule has 1 aromatic carbocycles. The van der Waals surface area contributed by atoms with Crippen molar-refractivity contribution in [1.82, 2.24) is 9.78 Å². The van der Waals surface area contributed by atoms with E-state index in [2.05, 4.69) is 5.10 Å². The van der Waals surface area contributed by atoms with Gasteiger partial charge in [0.1, 0.15) is 5.82 Å². The van der Waals surface area contributed by atoms with Gasteiger partial charge in [0, 0.05) is 16.8 Å². The molecule has 0 aliphatic carbocycles. The first-order valence-electron chi connectivity index (χ1n) is 5.21. The molecule has 0 bridgehead atoms. The van der Waals surface area contributed by atoms with Crippen LogP contribution in [0.4, 0.5) is 4.39 Å². The van der Waals surface area contributed by atoms with Gasteiger partial charge in [0.05, 0.1) is 18.3 Å². The second-order valence-corrected chi connectivity index (χ2v) is 4.29. The highest BCUT2D eigenvalue weighted by Gasteiger charge is 2.07. The third-order valence-corrected chi connectivity index (χ3v) is 2.66. The van der Waals surface area contributed by atoms with Crippen LogP contribution in [-0.2, 0) is 6.54 Å². The molecule has 1 aromatic heterocycles. The van der Waals surface area contributed by atoms with Crippen molar-refractivity contribution in [3.8, 4) is 0 Å². The number of benzene rings is 1. The molecule has 0 aliphatic heterocycles. The lowest BCUT2D eigenvalue weighted by atomic mass is 10.2. The Kier molecular flexibility index (Phi) is 3.45. The fourth-order valence-corrected chi connectivity index (χ4v) is 1.72. The van der Waals surface area contributed by atoms with Crippen molar-refractivity contribution in [2.45, 2.75) is 19.6 Å². The molecule has 0 aliphatic rings. The number of aromatic nitrogens is 2. The zero-order chi connectivity index (χ0) is 12.4. The van der Waals surface area contributed by atoms with Gasteiger partial charge in [-0.15, -0.1) is 0 Å². The Labute approximate surface area is 103 Å². The van der Waals surface area contributed by atoms with Crippen molar-refractivity contribution in [3.63, 3.8) is 0 Å². The van der Waals surface area contributed by atoms with Gasteiger partial charge in [-0.25, -0.2) is 4.39 Å². The third kappa shape index (κ3) is 2.84. The number of aliphatic hydroxyl groups excluding tert-OH is 1. The van der Waals surface area contributed by atoms with Crippen LogP contribution >= 0.6 is 11.6 Å². The van der Waals surface area contributed by atoms with Gasteiger partial charge in [-0.1, -0.05) is 11.6 Å². The van der Waals surface area contributed by atoms with Crippen LogP contribution in [0.25, 0.3) is 0 Å². The second-order valence-electron chi connectivity index (χ2n) is 3.85. The van der Waals surface area contributed by atoms with Crippen LogP contribution in [0.5, 0.6) is 0 Å². The Bertz CT molecular complexity index is 525. The summed E-state index contributed by atoms with van der Waals surface area (Å²) in [5, 5.41) is 14.0. The first-order chi connectivity index (χ1) is 8.06. The van der Waals surface area contributed by atoms with Crippen LogP contribution in [0.1, 0.15) is 24.3 Å². The predicted molar refractivity (Wildman–Crippen MR) is 63.4 cm³/mol. The molecule has 1 N–H and O–H groups in total. The molecule has 90 valence electrons. The molecule has 2 rings (SSSR count). The molecule has 5 heteroatoms. The highest BCUT2D eigenvalue weighted by molar-refractivity contribution is 6.30. The maximum atomic E-state index is 13.5. The molecule has 2 aromatic rings. The number of rotatable bonds is 3. The van der Waals surface area contributed by atoms with Crippen molar-refractivity contribution in [3.05, 3.63) is 52.6 Å². The van der Waals surface area contributed by atoms with Gasteiger partial charge < -0.3 is 5.11 Å². The number of nitrogens with zero attached hydrogens (tertiary/aromatic N) is 2. The SMILES string of the molecule is C[C@H](O)c1ccn(Cc2cc(Cl)ccc2F)n1. The van der Waals surface area contributed by atoms with E-state index in [0.29, 0.717) is 22.8 Å². The zero-order valence-electron chi connectivity index (χ0n) is 9.27. The van der Waals surface area contributed by atoms with Crippen molar-refractivity contribution in [2.75, 3.05) is 0 Å². The average Bonchev–Trinajstić information content (AvgIpc) is 2.72. The van der Waals surface area contributed by atoms with Gasteiger partial charge in [-0.2, -0.15) is 5.10 Å². The summed E-state index contributed by atoms with van der Waals surface area (Å²) < 4.78 is 15.0. The summed E-state index contributed by atoms with van der Waals surface area (Å²) >= 11 is 5.80. The number of hydrogen-bond donors (Lipinski definition) is 1. The van der Waals surface area contributed by atoms with Gasteiger partial charge in [-0.3, -0.25) is 4.68 Å². The Balaban J connectivity index is 2.22. The minimum atomic E-state index is -0.625. The molecular formula is C12H12ClFN2O. The van der Waals surface area contributed by atoms with Gasteiger partial charge in [-0.05, 0) is 31.2 Å². The first kappa shape index (κ1) is 12.1. The molecule has 0 radical (unpaired) electrons. The molecule has 1 atom stereocenters. The van der Waals surface area contributed by atoms with E-state index < -0.39 is 6.10 Å². The molecule has 0 amide bonds. The largest absolute Gasteiger partial charge is 0.387 e. The summed E-state index contributed by atoms with van der Waals surface area (Å²) in [5.41, 5.74) is 1.03. The molecule has 3 nitrogen and oxygen atoms in total. The fraction of sp³-hybridized carbons (Fsp3) is 0.250. The van der Waals surface area contributed by atoms with E-state index in [1.165, 1.54) is 12.1 Å². The van der Waals surface area contributed by atoms with Crippen molar-refractivity contribution < 1.29 is 9.50 Å². The van der Waals surface area contributed by atoms with E-state index in [1.54, 1.807) is 29.9 Å². The van der Waals surface area contributed by atoms with Crippen molar-refractivity contribution in [2.24, 2.45) is 0 Å². The van der Waals surface area contributed by atoms with E-state index in [4.69, 9.17) is 11.6 Å². The smallest absolute Gasteiger partial charge is 0.128 e. The minimum absolute atomic E-state index is 0.291. The predicted octanol–water partition coefficient (Wildman–Crippen LogP) is 2.78. The molecular weight excluding hydrogens is 243 g/mol. The zero-order valence-corrected chi connectivity index (χ0v) is 10.0. The summed E-state index contributed by atoms with van der Waals surface area (Å²) in [5.74, 6) is -0.316. The summed E-state index contributed by atoms with van der Waals surface area (Å²) in [4.78, 5) is 0. The van der Waals surface area contributed by atoms with Gasteiger partial charge in [0.2, 0.25) is 0 Å². The molecule has 17 heavy (non-hydrogen) atoms. The van der Waals surface area contributed by atoms with Crippen LogP contribution < -0.4 is 0 Å². The molecule has 0 saturated carbocycles. The highest BCUT2D eigenvalue weighted by atomic mass is 35.5. The number of hydrogen-bond acceptors (Lipinski definition) is 2. The van der Waals surface area contributed by atoms with Crippen LogP contribution in [0.15, 0.2) is 30.5 Å². The maximum Gasteiger partial charge on any atom is 0.128 e. The first-order valence-corrected chi connectivity index (χ1v) is 5.59. The minimum Gasteiger partial charge on any atom is -0.387 e. The van der Waals surface area contributed by atoms with Crippen LogP contribution in [0, 0.1) is 5.82 Å². The van der Waals surface area contributed by atoms with Gasteiger partial charge >= 0.3 is 0 Å². The second kappa shape index (κ2) is 4.85. The van der Waals surface area contributed by atoms with Crippen LogP contribution in [-0.4, -0.2) is 14.9 Å². The monoisotopic (exact) mass is 254 g/mol. The summed E-state index contributed by atoms with van der Waals surface area (Å²) in [7, 11) is 0. The quantitative estimate of drug-likeness (QED) is 0.915. The summed E-state index contributed by atoms with van der Waals surface area (Å²) in [6, 6.07) is 6.11. The van der Waals surface area contributed by atoms with Crippen LogP contribution in [0.3, 0.4) is 0 Å². The van der Waals surface area contributed by atoms with Crippen molar-refractivity contribution in [1.29, 1.82) is 0 Å². The standard InChI is InChI=1S/C12H12ClFN2O/c1-8(17)12-4-5-16(15-12)7-9-6-10(13)2-3-11(9)14/h2-6,8,17H,7H2,1H3/t8-/m0/s1. The number of aliphatic hydroxyl groups is 1. The molecule has 0 saturated heterocycles. The topological polar surface area (TPSA) is 38.0 Å². The lowest BCUT2D eigenvalue weighted by Gasteiger charge is -2.04. The van der Waals surface area contributed by atoms with Gasteiger partial charge in [0.25, 0.3) is 0 Å². The van der Waals surface area contributed by atoms with Gasteiger partial charge in [0.15, 0.2) is 0 Å². The lowest BCUT2D eigenvalue weighted by molar-refractivity contribution is 0.193. The Hall–Kier alpha value is -1.39. The Morgan fingerprint density at radius 2 is 2.24 bits per heavy atom. The fourth-order valence-electron chi connectivity index (χ4n) is 1.53. The average molecular weight is 255 g/mol. The summed E-state index contributed by atoms with van der Waals surface area (Å²) in [6.07, 6.45) is 1.07. The van der Waals surface area contributed by atoms with E-state index in [0.717, 1.165) is 0 Å². The van der Waals surface area contributed by atoms with E-state index in [-0.39, 0.29) is 5.82 Å². The molecule has 0 fully saturated rings. The molecule has 0 spiro atoms. The van der Waals surface area contributed by atoms with Crippen LogP contribution in [0.2, 0.25) is 5.02 Å². The molecule has 0 unspecified atom stereocenters. The lowest BCUT2D eigenvalue weighted by Crippen LogP contribution is -2.04. The normalized spacial score (nSPS) is 12.7. The Morgan fingerprint density at radius 3 is 2.88 bits per heavy atom. The van der Waals surface area contributed by atoms with E-state index in [1.807, 2.05) is 0 Å². The van der Waals surface area contributed by atoms with Crippen molar-refractivity contribution >= 4 is 11.6 Å². The Morgan fingerprint density at radius 1 is 1.47 bits per heavy atom. The summed E-state index contributed by atoms with van der Waals surface area (Å²) in [6.45, 7) is 1.92. The third-order valence-electron chi connectivity index (χ3n) is 2.43. The highest BCUT2D eigenvalue weighted by Crippen LogP contribution is 2.16. The van der Waals surface area contributed by atoms with E-state index in [9.17, 15) is 9.50 Å². The number of halogens is 2. The van der Waals surface area contributed by atoms with E-state index >= 15 is 0 Å². The molecule has 1 heterocycles.